The zero-order valence-corrected chi connectivity index (χ0v) is 13.4. The van der Waals surface area contributed by atoms with E-state index in [0.29, 0.717) is 43.6 Å². The number of benzene rings is 1. The summed E-state index contributed by atoms with van der Waals surface area (Å²) in [6, 6.07) is 6.72. The number of nitrogens with one attached hydrogen (secondary N) is 2. The Morgan fingerprint density at radius 2 is 2.04 bits per heavy atom. The fraction of sp³-hybridized carbons (Fsp3) is 0.412. The van der Waals surface area contributed by atoms with Crippen LogP contribution in [0.15, 0.2) is 24.3 Å². The summed E-state index contributed by atoms with van der Waals surface area (Å²) in [5, 5.41) is 5.03. The Hall–Kier alpha value is -2.70. The number of hydrogen-bond donors (Lipinski definition) is 2. The van der Waals surface area contributed by atoms with Crippen LogP contribution >= 0.6 is 0 Å². The first-order chi connectivity index (χ1) is 11.4. The first kappa shape index (κ1) is 16.2. The van der Waals surface area contributed by atoms with Crippen LogP contribution in [-0.2, 0) is 14.4 Å². The third-order valence-corrected chi connectivity index (χ3v) is 4.64. The van der Waals surface area contributed by atoms with Crippen molar-refractivity contribution in [1.29, 1.82) is 0 Å². The van der Waals surface area contributed by atoms with Crippen molar-refractivity contribution in [3.8, 4) is 0 Å². The van der Waals surface area contributed by atoms with Gasteiger partial charge in [0.05, 0.1) is 5.41 Å². The molecule has 0 aliphatic carbocycles. The van der Waals surface area contributed by atoms with Crippen molar-refractivity contribution in [2.45, 2.75) is 26.2 Å². The van der Waals surface area contributed by atoms with Crippen LogP contribution in [0.2, 0.25) is 0 Å². The van der Waals surface area contributed by atoms with Crippen molar-refractivity contribution in [3.05, 3.63) is 29.8 Å². The second kappa shape index (κ2) is 6.07. The number of anilines is 1. The van der Waals surface area contributed by atoms with E-state index in [9.17, 15) is 19.2 Å². The zero-order chi connectivity index (χ0) is 17.3. The summed E-state index contributed by atoms with van der Waals surface area (Å²) in [5.41, 5.74) is 0.368. The van der Waals surface area contributed by atoms with Crippen molar-refractivity contribution in [2.75, 3.05) is 18.4 Å². The molecule has 2 fully saturated rings. The average Bonchev–Trinajstić information content (AvgIpc) is 2.96. The highest BCUT2D eigenvalue weighted by Crippen LogP contribution is 2.38. The molecule has 0 aromatic heterocycles. The van der Waals surface area contributed by atoms with Gasteiger partial charge in [-0.2, -0.15) is 0 Å². The van der Waals surface area contributed by atoms with E-state index < -0.39 is 5.41 Å². The average molecular weight is 329 g/mol. The molecular formula is C17H19N3O4. The number of nitrogens with zero attached hydrogens (tertiary/aromatic N) is 1. The summed E-state index contributed by atoms with van der Waals surface area (Å²) >= 11 is 0. The van der Waals surface area contributed by atoms with E-state index in [1.54, 1.807) is 29.2 Å². The molecule has 1 aromatic rings. The van der Waals surface area contributed by atoms with E-state index in [2.05, 4.69) is 10.6 Å². The number of carbonyl (C=O) groups is 4. The van der Waals surface area contributed by atoms with Gasteiger partial charge >= 0.3 is 0 Å². The lowest BCUT2D eigenvalue weighted by Gasteiger charge is -2.31. The van der Waals surface area contributed by atoms with Crippen molar-refractivity contribution in [3.63, 3.8) is 0 Å². The predicted octanol–water partition coefficient (Wildman–Crippen LogP) is 0.914. The summed E-state index contributed by atoms with van der Waals surface area (Å²) < 4.78 is 0. The van der Waals surface area contributed by atoms with Crippen molar-refractivity contribution in [1.82, 2.24) is 10.2 Å². The summed E-state index contributed by atoms with van der Waals surface area (Å²) in [4.78, 5) is 49.0. The van der Waals surface area contributed by atoms with Gasteiger partial charge in [0.15, 0.2) is 0 Å². The van der Waals surface area contributed by atoms with Gasteiger partial charge in [-0.1, -0.05) is 6.07 Å². The third kappa shape index (κ3) is 3.02. The van der Waals surface area contributed by atoms with Gasteiger partial charge in [-0.3, -0.25) is 24.5 Å². The van der Waals surface area contributed by atoms with Crippen LogP contribution in [0, 0.1) is 5.41 Å². The van der Waals surface area contributed by atoms with Gasteiger partial charge in [0.1, 0.15) is 0 Å². The first-order valence-electron chi connectivity index (χ1n) is 7.91. The summed E-state index contributed by atoms with van der Waals surface area (Å²) in [7, 11) is 0. The highest BCUT2D eigenvalue weighted by atomic mass is 16.2. The van der Waals surface area contributed by atoms with E-state index in [4.69, 9.17) is 0 Å². The first-order valence-corrected chi connectivity index (χ1v) is 7.91. The third-order valence-electron chi connectivity index (χ3n) is 4.64. The molecule has 4 amide bonds. The molecule has 2 aliphatic heterocycles. The Morgan fingerprint density at radius 3 is 2.75 bits per heavy atom. The molecule has 3 rings (SSSR count). The Bertz CT molecular complexity index is 730. The maximum atomic E-state index is 12.7. The van der Waals surface area contributed by atoms with E-state index in [0.717, 1.165) is 0 Å². The number of amides is 4. The maximum Gasteiger partial charge on any atom is 0.253 e. The maximum absolute atomic E-state index is 12.7. The van der Waals surface area contributed by atoms with Crippen LogP contribution in [0.1, 0.15) is 36.5 Å². The van der Waals surface area contributed by atoms with E-state index >= 15 is 0 Å². The second-order valence-electron chi connectivity index (χ2n) is 6.40. The molecule has 7 nitrogen and oxygen atoms in total. The van der Waals surface area contributed by atoms with Gasteiger partial charge < -0.3 is 10.2 Å². The molecule has 0 radical (unpaired) electrons. The van der Waals surface area contributed by atoms with Crippen LogP contribution in [0.25, 0.3) is 0 Å². The largest absolute Gasteiger partial charge is 0.338 e. The van der Waals surface area contributed by atoms with Gasteiger partial charge in [0, 0.05) is 37.7 Å². The fourth-order valence-corrected chi connectivity index (χ4v) is 3.34. The molecule has 1 unspecified atom stereocenters. The van der Waals surface area contributed by atoms with Crippen molar-refractivity contribution in [2.24, 2.45) is 5.41 Å². The quantitative estimate of drug-likeness (QED) is 0.789. The van der Waals surface area contributed by atoms with Crippen LogP contribution < -0.4 is 10.6 Å². The fourth-order valence-electron chi connectivity index (χ4n) is 3.34. The molecule has 2 heterocycles. The number of carbonyl (C=O) groups excluding carboxylic acids is 4. The molecule has 2 aliphatic rings. The van der Waals surface area contributed by atoms with Crippen LogP contribution in [-0.4, -0.2) is 41.6 Å². The number of rotatable bonds is 2. The Labute approximate surface area is 139 Å². The Kier molecular flexibility index (Phi) is 4.09. The molecule has 24 heavy (non-hydrogen) atoms. The summed E-state index contributed by atoms with van der Waals surface area (Å²) in [6.07, 6.45) is 1.35. The van der Waals surface area contributed by atoms with Gasteiger partial charge in [0.25, 0.3) is 5.91 Å². The molecule has 126 valence electrons. The highest BCUT2D eigenvalue weighted by molar-refractivity contribution is 6.02. The normalized spacial score (nSPS) is 23.3. The molecule has 2 N–H and O–H groups in total. The van der Waals surface area contributed by atoms with Crippen LogP contribution in [0.3, 0.4) is 0 Å². The van der Waals surface area contributed by atoms with Crippen LogP contribution in [0.4, 0.5) is 5.69 Å². The molecule has 0 bridgehead atoms. The van der Waals surface area contributed by atoms with Gasteiger partial charge in [-0.25, -0.2) is 0 Å². The number of hydrogen-bond acceptors (Lipinski definition) is 4. The number of imide groups is 1. The SMILES string of the molecule is CC(=O)Nc1cccc(C(=O)N2CCC3(CCC(=O)NC3=O)C2)c1. The predicted molar refractivity (Wildman–Crippen MR) is 86.1 cm³/mol. The molecule has 0 saturated carbocycles. The van der Waals surface area contributed by atoms with Crippen molar-refractivity contribution < 1.29 is 19.2 Å². The number of likely N-dealkylation sites (tertiary alicyclic amines) is 1. The molecular weight excluding hydrogens is 310 g/mol. The highest BCUT2D eigenvalue weighted by Gasteiger charge is 2.48. The standard InChI is InChI=1S/C17H19N3O4/c1-11(21)18-13-4-2-3-12(9-13)15(23)20-8-7-17(10-20)6-5-14(22)19-16(17)24/h2-4,9H,5-8,10H2,1H3,(H,18,21)(H,19,22,24). The smallest absolute Gasteiger partial charge is 0.253 e. The molecule has 1 atom stereocenters. The molecule has 1 aromatic carbocycles. The van der Waals surface area contributed by atoms with Gasteiger partial charge in [0.2, 0.25) is 17.7 Å². The minimum absolute atomic E-state index is 0.177. The lowest BCUT2D eigenvalue weighted by atomic mass is 9.79. The lowest BCUT2D eigenvalue weighted by molar-refractivity contribution is -0.141. The van der Waals surface area contributed by atoms with E-state index in [1.807, 2.05) is 0 Å². The zero-order valence-electron chi connectivity index (χ0n) is 13.4. The minimum atomic E-state index is -0.654. The molecule has 7 heteroatoms. The van der Waals surface area contributed by atoms with Gasteiger partial charge in [-0.05, 0) is 31.0 Å². The van der Waals surface area contributed by atoms with Gasteiger partial charge in [-0.15, -0.1) is 0 Å². The summed E-state index contributed by atoms with van der Waals surface area (Å²) in [6.45, 7) is 2.20. The Morgan fingerprint density at radius 1 is 1.25 bits per heavy atom. The topological polar surface area (TPSA) is 95.6 Å². The number of piperidine rings is 1. The molecule has 1 spiro atoms. The minimum Gasteiger partial charge on any atom is -0.338 e. The van der Waals surface area contributed by atoms with E-state index in [1.165, 1.54) is 6.92 Å². The van der Waals surface area contributed by atoms with Crippen molar-refractivity contribution >= 4 is 29.3 Å². The second-order valence-corrected chi connectivity index (χ2v) is 6.40. The lowest BCUT2D eigenvalue weighted by Crippen LogP contribution is -2.50. The Balaban J connectivity index is 1.74. The summed E-state index contributed by atoms with van der Waals surface area (Å²) in [5.74, 6) is -0.911. The molecule has 2 saturated heterocycles. The monoisotopic (exact) mass is 329 g/mol. The van der Waals surface area contributed by atoms with Crippen LogP contribution in [0.5, 0.6) is 0 Å². The van der Waals surface area contributed by atoms with E-state index in [-0.39, 0.29) is 23.6 Å².